The maximum absolute atomic E-state index is 12.8. The molecule has 0 radical (unpaired) electrons. The predicted octanol–water partition coefficient (Wildman–Crippen LogP) is 4.47. The molecule has 0 aromatic heterocycles. The first-order valence-corrected chi connectivity index (χ1v) is 11.4. The van der Waals surface area contributed by atoms with Crippen LogP contribution in [0.5, 0.6) is 0 Å². The van der Waals surface area contributed by atoms with E-state index in [1.54, 1.807) is 0 Å². The van der Waals surface area contributed by atoms with E-state index in [1.165, 1.54) is 11.1 Å². The van der Waals surface area contributed by atoms with E-state index in [1.807, 2.05) is 30.1 Å². The molecule has 2 aromatic carbocycles. The monoisotopic (exact) mass is 309 g/mol. The molecule has 0 spiro atoms. The predicted molar refractivity (Wildman–Crippen MR) is 93.8 cm³/mol. The Balaban J connectivity index is 2.23. The number of nitrogens with zero attached hydrogens (tertiary/aromatic N) is 1. The smallest absolute Gasteiger partial charge is 0.254 e. The van der Waals surface area contributed by atoms with Crippen molar-refractivity contribution in [3.05, 3.63) is 71.3 Å². The van der Waals surface area contributed by atoms with E-state index in [0.29, 0.717) is 5.54 Å². The molecule has 2 aromatic rings. The van der Waals surface area contributed by atoms with Gasteiger partial charge in [-0.05, 0) is 17.2 Å². The summed E-state index contributed by atoms with van der Waals surface area (Å²) >= 11 is 0. The van der Waals surface area contributed by atoms with Crippen molar-refractivity contribution in [2.24, 2.45) is 0 Å². The summed E-state index contributed by atoms with van der Waals surface area (Å²) in [5.41, 5.74) is 3.76. The Morgan fingerprint density at radius 3 is 2.14 bits per heavy atom. The molecule has 2 atom stereocenters. The average Bonchev–Trinajstić information content (AvgIpc) is 2.50. The lowest BCUT2D eigenvalue weighted by molar-refractivity contribution is 0.0696. The van der Waals surface area contributed by atoms with Crippen LogP contribution in [-0.2, 0) is 0 Å². The van der Waals surface area contributed by atoms with Crippen molar-refractivity contribution in [3.63, 3.8) is 0 Å². The van der Waals surface area contributed by atoms with Gasteiger partial charge in [-0.3, -0.25) is 4.79 Å². The number of hydrogen-bond donors (Lipinski definition) is 0. The van der Waals surface area contributed by atoms with Gasteiger partial charge in [0.15, 0.2) is 0 Å². The molecule has 0 fully saturated rings. The lowest BCUT2D eigenvalue weighted by Crippen LogP contribution is -2.48. The molecular weight excluding hydrogens is 286 g/mol. The number of likely N-dealkylation sites (N-methyl/N-ethyl adjacent to an activating group) is 1. The SMILES string of the molecule is CN1C(=O)c2ccccc2[C@@H]([Si](C)(C)C)[C@@H]1c1ccccc1. The highest BCUT2D eigenvalue weighted by Crippen LogP contribution is 2.46. The van der Waals surface area contributed by atoms with Gasteiger partial charge in [-0.25, -0.2) is 0 Å². The summed E-state index contributed by atoms with van der Waals surface area (Å²) < 4.78 is 0. The van der Waals surface area contributed by atoms with Gasteiger partial charge in [0.2, 0.25) is 0 Å². The number of carbonyl (C=O) groups is 1. The average molecular weight is 309 g/mol. The van der Waals surface area contributed by atoms with Crippen molar-refractivity contribution in [1.29, 1.82) is 0 Å². The molecule has 1 aliphatic heterocycles. The number of hydrogen-bond acceptors (Lipinski definition) is 1. The van der Waals surface area contributed by atoms with E-state index >= 15 is 0 Å². The van der Waals surface area contributed by atoms with E-state index in [2.05, 4.69) is 56.0 Å². The number of amides is 1. The normalized spacial score (nSPS) is 21.6. The highest BCUT2D eigenvalue weighted by molar-refractivity contribution is 6.77. The van der Waals surface area contributed by atoms with Gasteiger partial charge < -0.3 is 4.90 Å². The summed E-state index contributed by atoms with van der Waals surface area (Å²) in [5.74, 6) is 0.138. The van der Waals surface area contributed by atoms with E-state index in [4.69, 9.17) is 0 Å². The highest BCUT2D eigenvalue weighted by atomic mass is 28.3. The third-order valence-electron chi connectivity index (χ3n) is 4.65. The molecule has 22 heavy (non-hydrogen) atoms. The van der Waals surface area contributed by atoms with Crippen LogP contribution in [0.25, 0.3) is 0 Å². The van der Waals surface area contributed by atoms with E-state index in [9.17, 15) is 4.79 Å². The van der Waals surface area contributed by atoms with Crippen LogP contribution in [0, 0.1) is 0 Å². The number of rotatable bonds is 2. The Kier molecular flexibility index (Phi) is 3.69. The van der Waals surface area contributed by atoms with Gasteiger partial charge in [-0.2, -0.15) is 0 Å². The van der Waals surface area contributed by atoms with Crippen molar-refractivity contribution < 1.29 is 4.79 Å². The van der Waals surface area contributed by atoms with Crippen LogP contribution in [0.15, 0.2) is 54.6 Å². The molecule has 0 aliphatic carbocycles. The number of benzene rings is 2. The fraction of sp³-hybridized carbons (Fsp3) is 0.316. The first kappa shape index (κ1) is 15.0. The minimum Gasteiger partial charge on any atom is -0.334 e. The third kappa shape index (κ3) is 2.39. The molecular formula is C19H23NOSi. The molecule has 0 saturated heterocycles. The summed E-state index contributed by atoms with van der Waals surface area (Å²) in [4.78, 5) is 14.8. The third-order valence-corrected chi connectivity index (χ3v) is 7.15. The van der Waals surface area contributed by atoms with Gasteiger partial charge in [-0.15, -0.1) is 0 Å². The molecule has 0 unspecified atom stereocenters. The Labute approximate surface area is 133 Å². The first-order chi connectivity index (χ1) is 10.4. The van der Waals surface area contributed by atoms with Crippen molar-refractivity contribution in [1.82, 2.24) is 4.90 Å². The second-order valence-electron chi connectivity index (χ2n) is 7.20. The van der Waals surface area contributed by atoms with Gasteiger partial charge in [0.25, 0.3) is 5.91 Å². The highest BCUT2D eigenvalue weighted by Gasteiger charge is 2.44. The minimum absolute atomic E-state index is 0.135. The molecule has 0 saturated carbocycles. The van der Waals surface area contributed by atoms with Crippen LogP contribution in [0.2, 0.25) is 19.6 Å². The summed E-state index contributed by atoms with van der Waals surface area (Å²) in [6.07, 6.45) is 0. The second kappa shape index (κ2) is 5.40. The van der Waals surface area contributed by atoms with Crippen LogP contribution >= 0.6 is 0 Å². The summed E-state index contributed by atoms with van der Waals surface area (Å²) in [6, 6.07) is 18.8. The van der Waals surface area contributed by atoms with Crippen LogP contribution in [0.1, 0.15) is 33.1 Å². The van der Waals surface area contributed by atoms with Crippen molar-refractivity contribution in [2.75, 3.05) is 7.05 Å². The van der Waals surface area contributed by atoms with Crippen LogP contribution < -0.4 is 0 Å². The van der Waals surface area contributed by atoms with Gasteiger partial charge in [0.1, 0.15) is 0 Å². The molecule has 1 heterocycles. The molecule has 0 N–H and O–H groups in total. The van der Waals surface area contributed by atoms with Gasteiger partial charge in [0.05, 0.1) is 14.1 Å². The lowest BCUT2D eigenvalue weighted by Gasteiger charge is -2.45. The fourth-order valence-electron chi connectivity index (χ4n) is 3.68. The topological polar surface area (TPSA) is 20.3 Å². The Morgan fingerprint density at radius 1 is 0.909 bits per heavy atom. The maximum atomic E-state index is 12.8. The molecule has 1 aliphatic rings. The second-order valence-corrected chi connectivity index (χ2v) is 12.6. The fourth-order valence-corrected chi connectivity index (χ4v) is 6.23. The Morgan fingerprint density at radius 2 is 1.50 bits per heavy atom. The molecule has 3 rings (SSSR count). The Bertz CT molecular complexity index is 690. The first-order valence-electron chi connectivity index (χ1n) is 7.82. The zero-order valence-electron chi connectivity index (χ0n) is 13.7. The zero-order valence-corrected chi connectivity index (χ0v) is 14.7. The summed E-state index contributed by atoms with van der Waals surface area (Å²) in [5, 5.41) is 0. The molecule has 0 bridgehead atoms. The van der Waals surface area contributed by atoms with Crippen molar-refractivity contribution in [3.8, 4) is 0 Å². The molecule has 2 nitrogen and oxygen atoms in total. The van der Waals surface area contributed by atoms with Gasteiger partial charge in [0, 0.05) is 18.2 Å². The standard InChI is InChI=1S/C19H23NOSi/c1-20-17(14-10-6-5-7-11-14)18(22(2,3)4)15-12-8-9-13-16(15)19(20)21/h5-13,17-18H,1-4H3/t17-,18+/m0/s1. The maximum Gasteiger partial charge on any atom is 0.254 e. The van der Waals surface area contributed by atoms with Gasteiger partial charge in [-0.1, -0.05) is 68.2 Å². The lowest BCUT2D eigenvalue weighted by atomic mass is 9.89. The number of carbonyl (C=O) groups excluding carboxylic acids is 1. The number of fused-ring (bicyclic) bond motifs is 1. The summed E-state index contributed by atoms with van der Waals surface area (Å²) in [6.45, 7) is 7.19. The van der Waals surface area contributed by atoms with E-state index < -0.39 is 8.07 Å². The molecule has 114 valence electrons. The van der Waals surface area contributed by atoms with E-state index in [0.717, 1.165) is 5.56 Å². The molecule has 1 amide bonds. The van der Waals surface area contributed by atoms with E-state index in [-0.39, 0.29) is 11.9 Å². The quantitative estimate of drug-likeness (QED) is 0.749. The van der Waals surface area contributed by atoms with Crippen LogP contribution in [-0.4, -0.2) is 25.9 Å². The molecule has 3 heteroatoms. The van der Waals surface area contributed by atoms with Crippen molar-refractivity contribution >= 4 is 14.0 Å². The van der Waals surface area contributed by atoms with Gasteiger partial charge >= 0.3 is 0 Å². The summed E-state index contributed by atoms with van der Waals surface area (Å²) in [7, 11) is 0.429. The zero-order chi connectivity index (χ0) is 15.9. The largest absolute Gasteiger partial charge is 0.334 e. The van der Waals surface area contributed by atoms with Crippen molar-refractivity contribution in [2.45, 2.75) is 31.2 Å². The Hall–Kier alpha value is -1.87. The van der Waals surface area contributed by atoms with Crippen LogP contribution in [0.4, 0.5) is 0 Å². The van der Waals surface area contributed by atoms with Crippen LogP contribution in [0.3, 0.4) is 0 Å². The minimum atomic E-state index is -1.52.